The van der Waals surface area contributed by atoms with Gasteiger partial charge in [0.2, 0.25) is 5.91 Å². The van der Waals surface area contributed by atoms with Gasteiger partial charge < -0.3 is 15.1 Å². The molecule has 2 amide bonds. The lowest BCUT2D eigenvalue weighted by atomic mass is 10.0. The first-order valence-electron chi connectivity index (χ1n) is 7.55. The van der Waals surface area contributed by atoms with Crippen molar-refractivity contribution in [3.63, 3.8) is 0 Å². The Morgan fingerprint density at radius 1 is 1.20 bits per heavy atom. The van der Waals surface area contributed by atoms with Gasteiger partial charge in [0.1, 0.15) is 0 Å². The van der Waals surface area contributed by atoms with E-state index in [0.29, 0.717) is 5.56 Å². The van der Waals surface area contributed by atoms with Gasteiger partial charge in [0.15, 0.2) is 5.76 Å². The molecule has 0 aliphatic carbocycles. The molecule has 0 unspecified atom stereocenters. The van der Waals surface area contributed by atoms with E-state index in [9.17, 15) is 22.8 Å². The molecule has 1 aromatic heterocycles. The molecule has 0 radical (unpaired) electrons. The zero-order valence-corrected chi connectivity index (χ0v) is 13.4. The van der Waals surface area contributed by atoms with Crippen molar-refractivity contribution in [1.82, 2.24) is 10.6 Å². The first kappa shape index (κ1) is 18.6. The lowest BCUT2D eigenvalue weighted by Gasteiger charge is -2.16. The van der Waals surface area contributed by atoms with Gasteiger partial charge in [0.25, 0.3) is 5.91 Å². The number of benzene rings is 1. The van der Waals surface area contributed by atoms with E-state index in [0.717, 1.165) is 12.1 Å². The van der Waals surface area contributed by atoms with Crippen LogP contribution >= 0.6 is 0 Å². The predicted molar refractivity (Wildman–Crippen MR) is 83.7 cm³/mol. The third-order valence-electron chi connectivity index (χ3n) is 3.47. The lowest BCUT2D eigenvalue weighted by molar-refractivity contribution is -0.137. The van der Waals surface area contributed by atoms with Crippen molar-refractivity contribution in [1.29, 1.82) is 0 Å². The van der Waals surface area contributed by atoms with Gasteiger partial charge in [-0.25, -0.2) is 0 Å². The number of furan rings is 1. The number of hydrogen-bond donors (Lipinski definition) is 2. The average molecular weight is 354 g/mol. The predicted octanol–water partition coefficient (Wildman–Crippen LogP) is 3.30. The maximum atomic E-state index is 12.7. The van der Waals surface area contributed by atoms with Gasteiger partial charge in [-0.2, -0.15) is 13.2 Å². The van der Waals surface area contributed by atoms with Crippen LogP contribution < -0.4 is 10.6 Å². The van der Waals surface area contributed by atoms with E-state index in [1.165, 1.54) is 24.5 Å². The quantitative estimate of drug-likeness (QED) is 0.836. The van der Waals surface area contributed by atoms with Gasteiger partial charge in [-0.15, -0.1) is 0 Å². The van der Waals surface area contributed by atoms with E-state index in [4.69, 9.17) is 4.42 Å². The first-order valence-corrected chi connectivity index (χ1v) is 7.55. The first-order chi connectivity index (χ1) is 11.8. The van der Waals surface area contributed by atoms with Gasteiger partial charge in [-0.1, -0.05) is 12.1 Å². The Balaban J connectivity index is 1.83. The molecular formula is C17H17F3N2O3. The molecule has 2 rings (SSSR count). The largest absolute Gasteiger partial charge is 0.459 e. The summed E-state index contributed by atoms with van der Waals surface area (Å²) in [6.07, 6.45) is -3.08. The number of nitrogens with one attached hydrogen (secondary N) is 2. The minimum atomic E-state index is -4.43. The van der Waals surface area contributed by atoms with Crippen LogP contribution in [0.15, 0.2) is 47.1 Å². The molecule has 1 atom stereocenters. The number of alkyl halides is 3. The van der Waals surface area contributed by atoms with Crippen molar-refractivity contribution in [2.75, 3.05) is 6.54 Å². The molecule has 0 aliphatic rings. The maximum absolute atomic E-state index is 12.7. The van der Waals surface area contributed by atoms with Crippen LogP contribution in [0.3, 0.4) is 0 Å². The highest BCUT2D eigenvalue weighted by Crippen LogP contribution is 2.30. The normalized spacial score (nSPS) is 12.5. The zero-order valence-electron chi connectivity index (χ0n) is 13.4. The monoisotopic (exact) mass is 354 g/mol. The van der Waals surface area contributed by atoms with Crippen LogP contribution in [-0.4, -0.2) is 18.4 Å². The molecule has 0 bridgehead atoms. The summed E-state index contributed by atoms with van der Waals surface area (Å²) in [5.41, 5.74) is -0.417. The number of amides is 2. The summed E-state index contributed by atoms with van der Waals surface area (Å²) >= 11 is 0. The summed E-state index contributed by atoms with van der Waals surface area (Å²) in [6.45, 7) is 1.68. The van der Waals surface area contributed by atoms with Gasteiger partial charge in [-0.05, 0) is 36.8 Å². The Morgan fingerprint density at radius 2 is 1.96 bits per heavy atom. The zero-order chi connectivity index (χ0) is 18.4. The van der Waals surface area contributed by atoms with Gasteiger partial charge in [0, 0.05) is 13.0 Å². The SMILES string of the molecule is C[C@@H](NC(=O)CCNC(=O)c1ccco1)c1cccc(C(F)(F)F)c1. The molecule has 0 saturated carbocycles. The summed E-state index contributed by atoms with van der Waals surface area (Å²) in [6, 6.07) is 7.26. The fraction of sp³-hybridized carbons (Fsp3) is 0.294. The summed E-state index contributed by atoms with van der Waals surface area (Å²) < 4.78 is 43.1. The number of hydrogen-bond acceptors (Lipinski definition) is 3. The number of carbonyl (C=O) groups is 2. The van der Waals surface area contributed by atoms with E-state index >= 15 is 0 Å². The van der Waals surface area contributed by atoms with Crippen molar-refractivity contribution in [2.45, 2.75) is 25.6 Å². The topological polar surface area (TPSA) is 71.3 Å². The van der Waals surface area contributed by atoms with E-state index in [-0.39, 0.29) is 24.6 Å². The standard InChI is InChI=1S/C17H17F3N2O3/c1-11(12-4-2-5-13(10-12)17(18,19)20)22-15(23)7-8-21-16(24)14-6-3-9-25-14/h2-6,9-11H,7-8H2,1H3,(H,21,24)(H,22,23)/t11-/m1/s1. The smallest absolute Gasteiger partial charge is 0.416 e. The van der Waals surface area contributed by atoms with Crippen molar-refractivity contribution in [3.05, 3.63) is 59.5 Å². The molecule has 5 nitrogen and oxygen atoms in total. The van der Waals surface area contributed by atoms with E-state index < -0.39 is 23.7 Å². The summed E-state index contributed by atoms with van der Waals surface area (Å²) in [5.74, 6) is -0.689. The second kappa shape index (κ2) is 7.87. The van der Waals surface area contributed by atoms with Crippen molar-refractivity contribution >= 4 is 11.8 Å². The van der Waals surface area contributed by atoms with Crippen LogP contribution in [0.4, 0.5) is 13.2 Å². The van der Waals surface area contributed by atoms with Crippen LogP contribution in [0, 0.1) is 0 Å². The Hall–Kier alpha value is -2.77. The Kier molecular flexibility index (Phi) is 5.84. The molecule has 1 aromatic carbocycles. The van der Waals surface area contributed by atoms with Crippen LogP contribution in [0.25, 0.3) is 0 Å². The summed E-state index contributed by atoms with van der Waals surface area (Å²) in [7, 11) is 0. The molecule has 2 aromatic rings. The minimum absolute atomic E-state index is 0.00422. The van der Waals surface area contributed by atoms with Crippen LogP contribution in [0.1, 0.15) is 41.1 Å². The number of rotatable bonds is 6. The fourth-order valence-electron chi connectivity index (χ4n) is 2.17. The average Bonchev–Trinajstić information content (AvgIpc) is 3.08. The van der Waals surface area contributed by atoms with Crippen molar-refractivity contribution in [3.8, 4) is 0 Å². The van der Waals surface area contributed by atoms with E-state index in [1.807, 2.05) is 0 Å². The molecular weight excluding hydrogens is 337 g/mol. The second-order valence-electron chi connectivity index (χ2n) is 5.40. The van der Waals surface area contributed by atoms with Crippen molar-refractivity contribution < 1.29 is 27.2 Å². The van der Waals surface area contributed by atoms with Crippen LogP contribution in [0.5, 0.6) is 0 Å². The highest BCUT2D eigenvalue weighted by molar-refractivity contribution is 5.91. The van der Waals surface area contributed by atoms with Crippen LogP contribution in [-0.2, 0) is 11.0 Å². The summed E-state index contributed by atoms with van der Waals surface area (Å²) in [4.78, 5) is 23.5. The molecule has 2 N–H and O–H groups in total. The third kappa shape index (κ3) is 5.37. The molecule has 0 aliphatic heterocycles. The van der Waals surface area contributed by atoms with E-state index in [1.54, 1.807) is 13.0 Å². The lowest BCUT2D eigenvalue weighted by Crippen LogP contribution is -2.32. The number of halogens is 3. The molecule has 134 valence electrons. The van der Waals surface area contributed by atoms with Gasteiger partial charge in [-0.3, -0.25) is 9.59 Å². The molecule has 0 saturated heterocycles. The Bertz CT molecular complexity index is 727. The van der Waals surface area contributed by atoms with E-state index in [2.05, 4.69) is 10.6 Å². The molecule has 1 heterocycles. The molecule has 0 spiro atoms. The molecule has 25 heavy (non-hydrogen) atoms. The summed E-state index contributed by atoms with van der Waals surface area (Å²) in [5, 5.41) is 5.12. The highest BCUT2D eigenvalue weighted by atomic mass is 19.4. The van der Waals surface area contributed by atoms with Gasteiger partial charge >= 0.3 is 6.18 Å². The van der Waals surface area contributed by atoms with Crippen molar-refractivity contribution in [2.24, 2.45) is 0 Å². The fourth-order valence-corrected chi connectivity index (χ4v) is 2.17. The number of carbonyl (C=O) groups excluding carboxylic acids is 2. The maximum Gasteiger partial charge on any atom is 0.416 e. The second-order valence-corrected chi connectivity index (χ2v) is 5.40. The highest BCUT2D eigenvalue weighted by Gasteiger charge is 2.30. The molecule has 0 fully saturated rings. The Morgan fingerprint density at radius 3 is 2.60 bits per heavy atom. The molecule has 8 heteroatoms. The Labute approximate surface area is 142 Å². The van der Waals surface area contributed by atoms with Crippen LogP contribution in [0.2, 0.25) is 0 Å². The van der Waals surface area contributed by atoms with Gasteiger partial charge in [0.05, 0.1) is 17.9 Å². The minimum Gasteiger partial charge on any atom is -0.459 e. The third-order valence-corrected chi connectivity index (χ3v) is 3.47.